The van der Waals surface area contributed by atoms with Crippen molar-refractivity contribution in [2.45, 2.75) is 13.3 Å². The first-order valence-corrected chi connectivity index (χ1v) is 9.20. The number of fused-ring (bicyclic) bond motifs is 1. The van der Waals surface area contributed by atoms with Gasteiger partial charge in [0.25, 0.3) is 5.91 Å². The molecule has 0 bridgehead atoms. The summed E-state index contributed by atoms with van der Waals surface area (Å²) < 4.78 is 5.75. The third-order valence-electron chi connectivity index (χ3n) is 3.76. The quantitative estimate of drug-likeness (QED) is 0.533. The van der Waals surface area contributed by atoms with Crippen LogP contribution in [0.1, 0.15) is 27.0 Å². The Morgan fingerprint density at radius 2 is 2.12 bits per heavy atom. The first kappa shape index (κ1) is 16.8. The summed E-state index contributed by atoms with van der Waals surface area (Å²) in [6.45, 7) is 2.01. The molecule has 0 aliphatic heterocycles. The third-order valence-corrected chi connectivity index (χ3v) is 4.84. The number of thiazole rings is 1. The van der Waals surface area contributed by atoms with Crippen LogP contribution in [0.5, 0.6) is 0 Å². The highest BCUT2D eigenvalue weighted by atomic mass is 35.5. The van der Waals surface area contributed by atoms with Gasteiger partial charge in [-0.1, -0.05) is 23.7 Å². The molecule has 2 aromatic heterocycles. The zero-order valence-corrected chi connectivity index (χ0v) is 15.4. The Bertz CT molecular complexity index is 1100. The fourth-order valence-corrected chi connectivity index (χ4v) is 3.50. The molecule has 4 aromatic rings. The Balaban J connectivity index is 1.49. The van der Waals surface area contributed by atoms with Gasteiger partial charge >= 0.3 is 0 Å². The topological polar surface area (TPSA) is 68.0 Å². The highest BCUT2D eigenvalue weighted by Crippen LogP contribution is 2.21. The van der Waals surface area contributed by atoms with E-state index in [4.69, 9.17) is 16.0 Å². The zero-order chi connectivity index (χ0) is 18.1. The Hall–Kier alpha value is -2.70. The van der Waals surface area contributed by atoms with Gasteiger partial charge in [0, 0.05) is 16.1 Å². The molecule has 1 N–H and O–H groups in total. The highest BCUT2D eigenvalue weighted by molar-refractivity contribution is 7.09. The average Bonchev–Trinajstić information content (AvgIpc) is 3.21. The summed E-state index contributed by atoms with van der Waals surface area (Å²) in [4.78, 5) is 21.2. The number of halogens is 1. The lowest BCUT2D eigenvalue weighted by Gasteiger charge is -2.02. The molecule has 0 radical (unpaired) electrons. The van der Waals surface area contributed by atoms with Crippen molar-refractivity contribution in [2.75, 3.05) is 5.32 Å². The minimum atomic E-state index is -0.275. The number of amides is 1. The number of rotatable bonds is 4. The summed E-state index contributed by atoms with van der Waals surface area (Å²) >= 11 is 7.33. The van der Waals surface area contributed by atoms with Gasteiger partial charge in [0.1, 0.15) is 16.2 Å². The monoisotopic (exact) mass is 383 g/mol. The van der Waals surface area contributed by atoms with Gasteiger partial charge in [0.2, 0.25) is 5.89 Å². The zero-order valence-electron chi connectivity index (χ0n) is 13.8. The molecule has 7 heteroatoms. The Morgan fingerprint density at radius 1 is 1.23 bits per heavy atom. The van der Waals surface area contributed by atoms with Crippen molar-refractivity contribution < 1.29 is 9.21 Å². The minimum Gasteiger partial charge on any atom is -0.440 e. The van der Waals surface area contributed by atoms with E-state index < -0.39 is 0 Å². The summed E-state index contributed by atoms with van der Waals surface area (Å²) in [6, 6.07) is 12.9. The van der Waals surface area contributed by atoms with Crippen LogP contribution in [0.15, 0.2) is 52.3 Å². The van der Waals surface area contributed by atoms with Crippen molar-refractivity contribution in [3.63, 3.8) is 0 Å². The van der Waals surface area contributed by atoms with Crippen LogP contribution in [-0.4, -0.2) is 15.9 Å². The number of carbonyl (C=O) groups is 1. The number of aromatic nitrogens is 2. The third kappa shape index (κ3) is 3.61. The summed E-state index contributed by atoms with van der Waals surface area (Å²) in [5.41, 5.74) is 3.70. The van der Waals surface area contributed by atoms with Crippen LogP contribution in [0, 0.1) is 6.92 Å². The molecule has 0 saturated heterocycles. The Morgan fingerprint density at radius 3 is 2.96 bits per heavy atom. The minimum absolute atomic E-state index is 0.275. The van der Waals surface area contributed by atoms with Crippen LogP contribution in [0.3, 0.4) is 0 Å². The molecule has 2 aromatic carbocycles. The van der Waals surface area contributed by atoms with Gasteiger partial charge in [-0.05, 0) is 42.8 Å². The van der Waals surface area contributed by atoms with E-state index in [-0.39, 0.29) is 5.91 Å². The number of nitrogens with zero attached hydrogens (tertiary/aromatic N) is 2. The molecule has 0 fully saturated rings. The molecule has 130 valence electrons. The molecule has 5 nitrogen and oxygen atoms in total. The molecule has 0 atom stereocenters. The smallest absolute Gasteiger partial charge is 0.275 e. The number of hydrogen-bond donors (Lipinski definition) is 1. The molecule has 4 rings (SSSR count). The first-order chi connectivity index (χ1) is 12.6. The number of aryl methyl sites for hydroxylation is 1. The molecule has 0 aliphatic rings. The number of benzene rings is 2. The first-order valence-electron chi connectivity index (χ1n) is 7.94. The molecule has 0 unspecified atom stereocenters. The van der Waals surface area contributed by atoms with Gasteiger partial charge in [0.05, 0.1) is 6.42 Å². The van der Waals surface area contributed by atoms with E-state index in [0.29, 0.717) is 28.7 Å². The van der Waals surface area contributed by atoms with E-state index in [2.05, 4.69) is 15.3 Å². The Labute approximate surface area is 158 Å². The van der Waals surface area contributed by atoms with E-state index in [9.17, 15) is 4.79 Å². The van der Waals surface area contributed by atoms with Gasteiger partial charge in [-0.2, -0.15) is 0 Å². The predicted octanol–water partition coefficient (Wildman–Crippen LogP) is 5.09. The summed E-state index contributed by atoms with van der Waals surface area (Å²) in [6.07, 6.45) is 0.447. The van der Waals surface area contributed by atoms with Gasteiger partial charge in [0.15, 0.2) is 5.58 Å². The van der Waals surface area contributed by atoms with E-state index in [1.807, 2.05) is 25.1 Å². The lowest BCUT2D eigenvalue weighted by molar-refractivity contribution is 0.102. The van der Waals surface area contributed by atoms with Crippen molar-refractivity contribution in [1.82, 2.24) is 9.97 Å². The number of hydrogen-bond acceptors (Lipinski definition) is 5. The van der Waals surface area contributed by atoms with Crippen LogP contribution in [0.25, 0.3) is 11.1 Å². The van der Waals surface area contributed by atoms with Gasteiger partial charge in [-0.3, -0.25) is 4.79 Å². The van der Waals surface area contributed by atoms with Crippen LogP contribution in [-0.2, 0) is 6.42 Å². The molecular weight excluding hydrogens is 370 g/mol. The van der Waals surface area contributed by atoms with Crippen LogP contribution in [0.4, 0.5) is 5.69 Å². The van der Waals surface area contributed by atoms with Crippen LogP contribution < -0.4 is 5.32 Å². The molecule has 2 heterocycles. The number of nitrogens with one attached hydrogen (secondary N) is 1. The van der Waals surface area contributed by atoms with E-state index >= 15 is 0 Å². The number of anilines is 1. The second-order valence-electron chi connectivity index (χ2n) is 5.85. The lowest BCUT2D eigenvalue weighted by Crippen LogP contribution is -2.12. The van der Waals surface area contributed by atoms with Crippen LogP contribution >= 0.6 is 22.9 Å². The summed E-state index contributed by atoms with van der Waals surface area (Å²) in [5.74, 6) is 0.310. The molecular formula is C19H14ClN3O2S. The van der Waals surface area contributed by atoms with E-state index in [0.717, 1.165) is 21.7 Å². The number of oxazole rings is 1. The highest BCUT2D eigenvalue weighted by Gasteiger charge is 2.14. The summed E-state index contributed by atoms with van der Waals surface area (Å²) in [7, 11) is 0. The number of carbonyl (C=O) groups excluding carboxylic acids is 1. The Kier molecular flexibility index (Phi) is 4.44. The second-order valence-corrected chi connectivity index (χ2v) is 7.23. The maximum absolute atomic E-state index is 12.3. The van der Waals surface area contributed by atoms with E-state index in [1.165, 1.54) is 11.3 Å². The fraction of sp³-hybridized carbons (Fsp3) is 0.105. The van der Waals surface area contributed by atoms with Gasteiger partial charge < -0.3 is 9.73 Å². The van der Waals surface area contributed by atoms with Crippen molar-refractivity contribution in [3.05, 3.63) is 75.0 Å². The second kappa shape index (κ2) is 6.90. The van der Waals surface area contributed by atoms with Crippen molar-refractivity contribution in [3.8, 4) is 0 Å². The van der Waals surface area contributed by atoms with Crippen molar-refractivity contribution in [1.29, 1.82) is 0 Å². The van der Waals surface area contributed by atoms with Crippen LogP contribution in [0.2, 0.25) is 5.02 Å². The molecule has 0 aliphatic carbocycles. The van der Waals surface area contributed by atoms with Crippen molar-refractivity contribution >= 4 is 45.6 Å². The normalized spacial score (nSPS) is 11.0. The van der Waals surface area contributed by atoms with Gasteiger partial charge in [-0.25, -0.2) is 9.97 Å². The predicted molar refractivity (Wildman–Crippen MR) is 103 cm³/mol. The molecule has 1 amide bonds. The van der Waals surface area contributed by atoms with Gasteiger partial charge in [-0.15, -0.1) is 11.3 Å². The molecule has 0 saturated carbocycles. The van der Waals surface area contributed by atoms with E-state index in [1.54, 1.807) is 29.6 Å². The maximum atomic E-state index is 12.3. The lowest BCUT2D eigenvalue weighted by atomic mass is 10.2. The summed E-state index contributed by atoms with van der Waals surface area (Å²) in [5, 5.41) is 5.84. The molecule has 0 spiro atoms. The largest absolute Gasteiger partial charge is 0.440 e. The molecule has 26 heavy (non-hydrogen) atoms. The average molecular weight is 384 g/mol. The maximum Gasteiger partial charge on any atom is 0.275 e. The fourth-order valence-electron chi connectivity index (χ4n) is 2.55. The van der Waals surface area contributed by atoms with Crippen molar-refractivity contribution in [2.24, 2.45) is 0 Å². The standard InChI is InChI=1S/C19H14ClN3O2S/c1-11-5-6-16-14(7-11)22-17(25-16)9-18-23-15(10-26-18)19(24)21-13-4-2-3-12(20)8-13/h2-8,10H,9H2,1H3,(H,21,24). The SMILES string of the molecule is Cc1ccc2oc(Cc3nc(C(=O)Nc4cccc(Cl)c4)cs3)nc2c1.